The van der Waals surface area contributed by atoms with Gasteiger partial charge in [0.25, 0.3) is 0 Å². The van der Waals surface area contributed by atoms with Crippen molar-refractivity contribution in [2.75, 3.05) is 5.75 Å². The summed E-state index contributed by atoms with van der Waals surface area (Å²) in [5, 5.41) is 25.2. The number of aromatic nitrogens is 2. The third kappa shape index (κ3) is 5.60. The number of benzene rings is 1. The highest BCUT2D eigenvalue weighted by Gasteiger charge is 2.20. The lowest BCUT2D eigenvalue weighted by molar-refractivity contribution is -0.117. The summed E-state index contributed by atoms with van der Waals surface area (Å²) in [6.45, 7) is 1.47. The Bertz CT molecular complexity index is 770. The van der Waals surface area contributed by atoms with Gasteiger partial charge in [-0.25, -0.2) is 0 Å². The van der Waals surface area contributed by atoms with E-state index in [1.54, 1.807) is 11.8 Å². The van der Waals surface area contributed by atoms with Gasteiger partial charge in [0.1, 0.15) is 5.92 Å². The standard InChI is InChI=1S/C15H13ClN4OS3/c1-9(18)12(6-17)13(21)8-23-15-20-19-14(24-15)22-7-10-2-4-11(16)5-3-10/h2-5,12,18H,7-8H2,1H3. The quantitative estimate of drug-likeness (QED) is 0.527. The molecule has 1 aromatic heterocycles. The minimum atomic E-state index is -0.968. The van der Waals surface area contributed by atoms with Crippen LogP contribution in [0.3, 0.4) is 0 Å². The monoisotopic (exact) mass is 396 g/mol. The van der Waals surface area contributed by atoms with Crippen LogP contribution in [-0.2, 0) is 10.5 Å². The Balaban J connectivity index is 1.85. The number of hydrogen-bond donors (Lipinski definition) is 1. The molecule has 0 amide bonds. The molecule has 0 bridgehead atoms. The molecule has 1 heterocycles. The fourth-order valence-electron chi connectivity index (χ4n) is 1.67. The first kappa shape index (κ1) is 18.9. The van der Waals surface area contributed by atoms with E-state index in [0.717, 1.165) is 15.7 Å². The van der Waals surface area contributed by atoms with Crippen molar-refractivity contribution in [2.45, 2.75) is 21.4 Å². The van der Waals surface area contributed by atoms with E-state index in [-0.39, 0.29) is 17.2 Å². The Morgan fingerprint density at radius 3 is 2.54 bits per heavy atom. The number of carbonyl (C=O) groups is 1. The molecule has 2 rings (SSSR count). The van der Waals surface area contributed by atoms with Gasteiger partial charge in [-0.3, -0.25) is 4.79 Å². The Morgan fingerprint density at radius 1 is 1.33 bits per heavy atom. The molecule has 0 fully saturated rings. The number of Topliss-reactive ketones (excluding diaryl/α,β-unsaturated/α-hetero) is 1. The summed E-state index contributed by atoms with van der Waals surface area (Å²) in [5.74, 6) is -0.367. The van der Waals surface area contributed by atoms with Gasteiger partial charge < -0.3 is 5.41 Å². The first-order valence-corrected chi connectivity index (χ1v) is 9.97. The normalized spacial score (nSPS) is 11.7. The van der Waals surface area contributed by atoms with Crippen molar-refractivity contribution in [3.05, 3.63) is 34.9 Å². The van der Waals surface area contributed by atoms with Crippen LogP contribution in [0, 0.1) is 22.7 Å². The number of carbonyl (C=O) groups excluding carboxylic acids is 1. The van der Waals surface area contributed by atoms with Crippen molar-refractivity contribution in [3.8, 4) is 6.07 Å². The van der Waals surface area contributed by atoms with E-state index in [9.17, 15) is 4.79 Å². The van der Waals surface area contributed by atoms with E-state index in [1.165, 1.54) is 30.0 Å². The van der Waals surface area contributed by atoms with Gasteiger partial charge in [0.15, 0.2) is 14.5 Å². The van der Waals surface area contributed by atoms with Crippen molar-refractivity contribution in [1.82, 2.24) is 10.2 Å². The van der Waals surface area contributed by atoms with E-state index >= 15 is 0 Å². The number of nitriles is 1. The van der Waals surface area contributed by atoms with E-state index in [1.807, 2.05) is 30.3 Å². The summed E-state index contributed by atoms with van der Waals surface area (Å²) in [5.41, 5.74) is 1.21. The Hall–Kier alpha value is -1.40. The van der Waals surface area contributed by atoms with E-state index in [0.29, 0.717) is 9.36 Å². The summed E-state index contributed by atoms with van der Waals surface area (Å²) in [4.78, 5) is 11.9. The van der Waals surface area contributed by atoms with E-state index in [2.05, 4.69) is 10.2 Å². The zero-order valence-electron chi connectivity index (χ0n) is 12.7. The fourth-order valence-corrected chi connectivity index (χ4v) is 4.67. The van der Waals surface area contributed by atoms with E-state index in [4.69, 9.17) is 22.3 Å². The lowest BCUT2D eigenvalue weighted by atomic mass is 10.0. The Kier molecular flexibility index (Phi) is 7.24. The summed E-state index contributed by atoms with van der Waals surface area (Å²) in [6.07, 6.45) is 0. The molecule has 1 aromatic carbocycles. The highest BCUT2D eigenvalue weighted by atomic mass is 35.5. The van der Waals surface area contributed by atoms with Crippen LogP contribution in [-0.4, -0.2) is 27.4 Å². The van der Waals surface area contributed by atoms with Gasteiger partial charge in [0, 0.05) is 16.5 Å². The number of rotatable bonds is 8. The zero-order valence-corrected chi connectivity index (χ0v) is 15.9. The highest BCUT2D eigenvalue weighted by molar-refractivity contribution is 8.03. The fraction of sp³-hybridized carbons (Fsp3) is 0.267. The smallest absolute Gasteiger partial charge is 0.175 e. The molecule has 1 atom stereocenters. The molecule has 9 heteroatoms. The minimum Gasteiger partial charge on any atom is -0.308 e. The second kappa shape index (κ2) is 9.18. The van der Waals surface area contributed by atoms with Gasteiger partial charge in [-0.05, 0) is 24.6 Å². The van der Waals surface area contributed by atoms with Crippen molar-refractivity contribution in [3.63, 3.8) is 0 Å². The molecular formula is C15H13ClN4OS3. The molecule has 0 radical (unpaired) electrons. The molecule has 0 aliphatic heterocycles. The number of hydrogen-bond acceptors (Lipinski definition) is 8. The summed E-state index contributed by atoms with van der Waals surface area (Å²) >= 11 is 10.1. The van der Waals surface area contributed by atoms with Crippen LogP contribution in [0.15, 0.2) is 32.9 Å². The summed E-state index contributed by atoms with van der Waals surface area (Å²) in [6, 6.07) is 9.48. The average Bonchev–Trinajstić information content (AvgIpc) is 3.00. The maximum atomic E-state index is 11.9. The van der Waals surface area contributed by atoms with Crippen LogP contribution >= 0.6 is 46.5 Å². The third-order valence-corrected chi connectivity index (χ3v) is 6.42. The molecule has 124 valence electrons. The van der Waals surface area contributed by atoms with Gasteiger partial charge in [-0.15, -0.1) is 10.2 Å². The van der Waals surface area contributed by atoms with Crippen molar-refractivity contribution in [1.29, 1.82) is 10.7 Å². The highest BCUT2D eigenvalue weighted by Crippen LogP contribution is 2.31. The Morgan fingerprint density at radius 2 is 1.96 bits per heavy atom. The lowest BCUT2D eigenvalue weighted by Crippen LogP contribution is -2.21. The van der Waals surface area contributed by atoms with Crippen molar-refractivity contribution in [2.24, 2.45) is 5.92 Å². The van der Waals surface area contributed by atoms with Gasteiger partial charge >= 0.3 is 0 Å². The number of nitrogens with zero attached hydrogens (tertiary/aromatic N) is 3. The van der Waals surface area contributed by atoms with Gasteiger partial charge in [0.2, 0.25) is 0 Å². The molecular weight excluding hydrogens is 384 g/mol. The molecule has 1 unspecified atom stereocenters. The first-order valence-electron chi connectivity index (χ1n) is 6.80. The third-order valence-electron chi connectivity index (χ3n) is 2.89. The SMILES string of the molecule is CC(=N)C(C#N)C(=O)CSc1nnc(SCc2ccc(Cl)cc2)s1. The lowest BCUT2D eigenvalue weighted by Gasteiger charge is -2.03. The molecule has 2 aromatic rings. The van der Waals surface area contributed by atoms with Gasteiger partial charge in [-0.1, -0.05) is 58.6 Å². The molecule has 0 saturated heterocycles. The summed E-state index contributed by atoms with van der Waals surface area (Å²) < 4.78 is 1.50. The molecule has 24 heavy (non-hydrogen) atoms. The maximum Gasteiger partial charge on any atom is 0.175 e. The Labute approximate surface area is 157 Å². The largest absolute Gasteiger partial charge is 0.308 e. The molecule has 0 saturated carbocycles. The second-order valence-corrected chi connectivity index (χ2v) is 8.61. The molecule has 0 aliphatic carbocycles. The number of halogens is 1. The molecule has 0 aliphatic rings. The molecule has 0 spiro atoms. The van der Waals surface area contributed by atoms with Crippen molar-refractivity contribution < 1.29 is 4.79 Å². The number of ketones is 1. The van der Waals surface area contributed by atoms with Gasteiger partial charge in [0.05, 0.1) is 11.8 Å². The van der Waals surface area contributed by atoms with Crippen LogP contribution in [0.1, 0.15) is 12.5 Å². The topological polar surface area (TPSA) is 90.5 Å². The minimum absolute atomic E-state index is 0.0690. The number of nitrogens with one attached hydrogen (secondary N) is 1. The average molecular weight is 397 g/mol. The summed E-state index contributed by atoms with van der Waals surface area (Å²) in [7, 11) is 0. The van der Waals surface area contributed by atoms with Crippen LogP contribution < -0.4 is 0 Å². The van der Waals surface area contributed by atoms with Gasteiger partial charge in [-0.2, -0.15) is 5.26 Å². The number of thioether (sulfide) groups is 2. The molecule has 1 N–H and O–H groups in total. The second-order valence-electron chi connectivity index (χ2n) is 4.75. The zero-order chi connectivity index (χ0) is 17.5. The van der Waals surface area contributed by atoms with E-state index < -0.39 is 5.92 Å². The van der Waals surface area contributed by atoms with Crippen LogP contribution in [0.25, 0.3) is 0 Å². The molecule has 5 nitrogen and oxygen atoms in total. The van der Waals surface area contributed by atoms with Crippen molar-refractivity contribution >= 4 is 58.0 Å². The maximum absolute atomic E-state index is 11.9. The predicted molar refractivity (Wildman–Crippen MR) is 99.2 cm³/mol. The first-order chi connectivity index (χ1) is 11.5. The van der Waals surface area contributed by atoms with Crippen LogP contribution in [0.2, 0.25) is 5.02 Å². The van der Waals surface area contributed by atoms with Crippen LogP contribution in [0.4, 0.5) is 0 Å². The van der Waals surface area contributed by atoms with Crippen LogP contribution in [0.5, 0.6) is 0 Å². The predicted octanol–water partition coefficient (Wildman–Crippen LogP) is 4.32.